The molecule has 33 heavy (non-hydrogen) atoms. The molecule has 1 N–H and O–H groups in total. The fourth-order valence-electron chi connectivity index (χ4n) is 3.51. The van der Waals surface area contributed by atoms with Crippen molar-refractivity contribution < 1.29 is 4.79 Å². The minimum atomic E-state index is -0.420. The first kappa shape index (κ1) is 22.7. The van der Waals surface area contributed by atoms with Crippen LogP contribution in [-0.2, 0) is 11.3 Å². The molecule has 0 radical (unpaired) electrons. The molecular formula is C27H22ClN3OS. The Hall–Kier alpha value is -3.46. The van der Waals surface area contributed by atoms with E-state index in [1.165, 1.54) is 0 Å². The van der Waals surface area contributed by atoms with Crippen LogP contribution in [0.3, 0.4) is 0 Å². The van der Waals surface area contributed by atoms with E-state index in [9.17, 15) is 10.1 Å². The second-order valence-corrected chi connectivity index (χ2v) is 9.19. The lowest BCUT2D eigenvalue weighted by atomic mass is 10.1. The van der Waals surface area contributed by atoms with Crippen molar-refractivity contribution in [3.8, 4) is 6.07 Å². The summed E-state index contributed by atoms with van der Waals surface area (Å²) in [6.45, 7) is 2.77. The lowest BCUT2D eigenvalue weighted by molar-refractivity contribution is -0.112. The third-order valence-corrected chi connectivity index (χ3v) is 6.45. The number of nitrogens with one attached hydrogen (secondary N) is 1. The maximum Gasteiger partial charge on any atom is 0.266 e. The maximum absolute atomic E-state index is 12.7. The lowest BCUT2D eigenvalue weighted by Gasteiger charge is -2.05. The summed E-state index contributed by atoms with van der Waals surface area (Å²) in [4.78, 5) is 13.9. The van der Waals surface area contributed by atoms with Gasteiger partial charge in [-0.15, -0.1) is 11.8 Å². The van der Waals surface area contributed by atoms with Crippen LogP contribution in [0.2, 0.25) is 5.02 Å². The van der Waals surface area contributed by atoms with Gasteiger partial charge in [-0.05, 0) is 55.5 Å². The van der Waals surface area contributed by atoms with E-state index in [-0.39, 0.29) is 5.57 Å². The summed E-state index contributed by atoms with van der Waals surface area (Å²) >= 11 is 7.72. The Morgan fingerprint density at radius 3 is 2.55 bits per heavy atom. The quantitative estimate of drug-likeness (QED) is 0.180. The number of aromatic nitrogens is 1. The number of carbonyl (C=O) groups is 1. The Balaban J connectivity index is 1.54. The molecule has 4 aromatic rings. The topological polar surface area (TPSA) is 57.8 Å². The standard InChI is InChI=1S/C27H22ClN3OS/c1-19-6-10-23(11-7-19)30-27(32)20(17-29)16-21-18-31(26-5-3-2-4-25(21)26)14-15-33-24-12-8-22(28)9-13-24/h2-13,16,18H,14-15H2,1H3,(H,30,32)/b20-16-. The number of fused-ring (bicyclic) bond motifs is 1. The van der Waals surface area contributed by atoms with Gasteiger partial charge < -0.3 is 9.88 Å². The van der Waals surface area contributed by atoms with Gasteiger partial charge in [0.2, 0.25) is 0 Å². The molecule has 0 aliphatic carbocycles. The number of rotatable bonds is 7. The van der Waals surface area contributed by atoms with Crippen LogP contribution in [0.15, 0.2) is 89.5 Å². The van der Waals surface area contributed by atoms with Crippen molar-refractivity contribution in [1.29, 1.82) is 5.26 Å². The van der Waals surface area contributed by atoms with E-state index in [0.29, 0.717) is 5.69 Å². The number of thioether (sulfide) groups is 1. The van der Waals surface area contributed by atoms with E-state index >= 15 is 0 Å². The number of nitrogens with zero attached hydrogens (tertiary/aromatic N) is 2. The molecule has 1 heterocycles. The van der Waals surface area contributed by atoms with E-state index < -0.39 is 5.91 Å². The Bertz CT molecular complexity index is 1350. The Morgan fingerprint density at radius 2 is 1.82 bits per heavy atom. The van der Waals surface area contributed by atoms with Gasteiger partial charge in [0, 0.05) is 50.6 Å². The van der Waals surface area contributed by atoms with Gasteiger partial charge in [-0.1, -0.05) is 47.5 Å². The van der Waals surface area contributed by atoms with E-state index in [2.05, 4.69) is 22.0 Å². The third kappa shape index (κ3) is 5.67. The van der Waals surface area contributed by atoms with Gasteiger partial charge in [0.25, 0.3) is 5.91 Å². The fourth-order valence-corrected chi connectivity index (χ4v) is 4.49. The summed E-state index contributed by atoms with van der Waals surface area (Å²) in [6, 6.07) is 25.4. The summed E-state index contributed by atoms with van der Waals surface area (Å²) in [5.41, 5.74) is 3.74. The SMILES string of the molecule is Cc1ccc(NC(=O)/C(C#N)=C\c2cn(CCSc3ccc(Cl)cc3)c3ccccc23)cc1. The van der Waals surface area contributed by atoms with Crippen molar-refractivity contribution in [3.05, 3.63) is 101 Å². The minimum Gasteiger partial charge on any atom is -0.346 e. The third-order valence-electron chi connectivity index (χ3n) is 5.21. The summed E-state index contributed by atoms with van der Waals surface area (Å²) in [6.07, 6.45) is 3.66. The summed E-state index contributed by atoms with van der Waals surface area (Å²) in [5, 5.41) is 14.2. The molecule has 1 aromatic heterocycles. The number of benzene rings is 3. The van der Waals surface area contributed by atoms with Gasteiger partial charge in [0.1, 0.15) is 11.6 Å². The minimum absolute atomic E-state index is 0.0639. The van der Waals surface area contributed by atoms with Gasteiger partial charge in [0.05, 0.1) is 0 Å². The first-order valence-corrected chi connectivity index (χ1v) is 11.9. The average molecular weight is 472 g/mol. The number of hydrogen-bond donors (Lipinski definition) is 1. The Kier molecular flexibility index (Phi) is 7.19. The monoisotopic (exact) mass is 471 g/mol. The van der Waals surface area contributed by atoms with E-state index in [1.54, 1.807) is 17.8 Å². The van der Waals surface area contributed by atoms with Crippen LogP contribution >= 0.6 is 23.4 Å². The molecular weight excluding hydrogens is 450 g/mol. The van der Waals surface area contributed by atoms with E-state index in [1.807, 2.05) is 79.9 Å². The van der Waals surface area contributed by atoms with Gasteiger partial charge in [-0.3, -0.25) is 4.79 Å². The van der Waals surface area contributed by atoms with Gasteiger partial charge in [-0.2, -0.15) is 5.26 Å². The van der Waals surface area contributed by atoms with Crippen molar-refractivity contribution in [1.82, 2.24) is 4.57 Å². The summed E-state index contributed by atoms with van der Waals surface area (Å²) in [5.74, 6) is 0.458. The van der Waals surface area contributed by atoms with Crippen LogP contribution in [-0.4, -0.2) is 16.2 Å². The van der Waals surface area contributed by atoms with Gasteiger partial charge >= 0.3 is 0 Å². The molecule has 0 aliphatic heterocycles. The van der Waals surface area contributed by atoms with Crippen molar-refractivity contribution in [3.63, 3.8) is 0 Å². The highest BCUT2D eigenvalue weighted by atomic mass is 35.5. The number of carbonyl (C=O) groups excluding carboxylic acids is 1. The first-order chi connectivity index (χ1) is 16.0. The van der Waals surface area contributed by atoms with Crippen LogP contribution in [0.1, 0.15) is 11.1 Å². The molecule has 0 saturated carbocycles. The zero-order valence-electron chi connectivity index (χ0n) is 18.1. The Morgan fingerprint density at radius 1 is 1.09 bits per heavy atom. The molecule has 4 rings (SSSR count). The second-order valence-electron chi connectivity index (χ2n) is 7.59. The van der Waals surface area contributed by atoms with Crippen LogP contribution in [0.25, 0.3) is 17.0 Å². The average Bonchev–Trinajstić information content (AvgIpc) is 3.17. The highest BCUT2D eigenvalue weighted by molar-refractivity contribution is 7.99. The molecule has 0 unspecified atom stereocenters. The molecule has 0 fully saturated rings. The predicted molar refractivity (Wildman–Crippen MR) is 138 cm³/mol. The zero-order valence-corrected chi connectivity index (χ0v) is 19.7. The van der Waals surface area contributed by atoms with Gasteiger partial charge in [0.15, 0.2) is 0 Å². The van der Waals surface area contributed by atoms with Crippen molar-refractivity contribution >= 4 is 51.9 Å². The van der Waals surface area contributed by atoms with Crippen molar-refractivity contribution in [2.75, 3.05) is 11.1 Å². The fraction of sp³-hybridized carbons (Fsp3) is 0.111. The molecule has 0 spiro atoms. The number of para-hydroxylation sites is 1. The maximum atomic E-state index is 12.7. The number of halogens is 1. The zero-order chi connectivity index (χ0) is 23.2. The molecule has 3 aromatic carbocycles. The predicted octanol–water partition coefficient (Wildman–Crippen LogP) is 6.94. The van der Waals surface area contributed by atoms with Crippen molar-refractivity contribution in [2.45, 2.75) is 18.4 Å². The van der Waals surface area contributed by atoms with E-state index in [4.69, 9.17) is 11.6 Å². The van der Waals surface area contributed by atoms with Gasteiger partial charge in [-0.25, -0.2) is 0 Å². The van der Waals surface area contributed by atoms with Crippen LogP contribution in [0.4, 0.5) is 5.69 Å². The highest BCUT2D eigenvalue weighted by Crippen LogP contribution is 2.26. The molecule has 1 amide bonds. The smallest absolute Gasteiger partial charge is 0.266 e. The lowest BCUT2D eigenvalue weighted by Crippen LogP contribution is -2.13. The molecule has 6 heteroatoms. The first-order valence-electron chi connectivity index (χ1n) is 10.5. The molecule has 0 bridgehead atoms. The number of hydrogen-bond acceptors (Lipinski definition) is 3. The summed E-state index contributed by atoms with van der Waals surface area (Å²) in [7, 11) is 0. The highest BCUT2D eigenvalue weighted by Gasteiger charge is 2.13. The van der Waals surface area contributed by atoms with E-state index in [0.717, 1.165) is 44.2 Å². The molecule has 0 atom stereocenters. The molecule has 0 saturated heterocycles. The van der Waals surface area contributed by atoms with Crippen molar-refractivity contribution in [2.24, 2.45) is 0 Å². The molecule has 0 aliphatic rings. The molecule has 164 valence electrons. The number of nitriles is 1. The number of aryl methyl sites for hydroxylation is 2. The Labute approximate surface area is 202 Å². The van der Waals surface area contributed by atoms with Crippen LogP contribution in [0, 0.1) is 18.3 Å². The normalized spacial score (nSPS) is 11.4. The summed E-state index contributed by atoms with van der Waals surface area (Å²) < 4.78 is 2.16. The number of amides is 1. The molecule has 4 nitrogen and oxygen atoms in total. The second kappa shape index (κ2) is 10.4. The van der Waals surface area contributed by atoms with Crippen LogP contribution in [0.5, 0.6) is 0 Å². The van der Waals surface area contributed by atoms with Crippen LogP contribution < -0.4 is 5.32 Å². The number of anilines is 1. The largest absolute Gasteiger partial charge is 0.346 e.